The van der Waals surface area contributed by atoms with E-state index in [1.807, 2.05) is 26.0 Å². The molecule has 0 spiro atoms. The second-order valence-electron chi connectivity index (χ2n) is 4.82. The summed E-state index contributed by atoms with van der Waals surface area (Å²) in [6.07, 6.45) is 0. The third-order valence-corrected chi connectivity index (χ3v) is 4.29. The van der Waals surface area contributed by atoms with Crippen molar-refractivity contribution in [3.8, 4) is 0 Å². The second kappa shape index (κ2) is 6.02. The number of halogens is 3. The molecule has 0 aliphatic rings. The zero-order chi connectivity index (χ0) is 14.9. The topological polar surface area (TPSA) is 12.0 Å². The smallest absolute Gasteiger partial charge is 0.163 e. The molecule has 1 nitrogen and oxygen atoms in total. The number of hydrogen-bond acceptors (Lipinski definition) is 1. The normalized spacial score (nSPS) is 12.5. The third kappa shape index (κ3) is 2.76. The fourth-order valence-corrected chi connectivity index (χ4v) is 2.79. The number of benzene rings is 2. The van der Waals surface area contributed by atoms with Gasteiger partial charge in [-0.05, 0) is 49.7 Å². The number of nitrogens with one attached hydrogen (secondary N) is 1. The maximum absolute atomic E-state index is 14.0. The van der Waals surface area contributed by atoms with Crippen molar-refractivity contribution in [2.75, 3.05) is 7.05 Å². The molecule has 106 valence electrons. The zero-order valence-corrected chi connectivity index (χ0v) is 13.2. The van der Waals surface area contributed by atoms with E-state index >= 15 is 0 Å². The van der Waals surface area contributed by atoms with E-state index in [0.717, 1.165) is 27.2 Å². The molecule has 0 aromatic heterocycles. The van der Waals surface area contributed by atoms with Crippen LogP contribution in [0.1, 0.15) is 28.3 Å². The van der Waals surface area contributed by atoms with Crippen LogP contribution in [0.25, 0.3) is 0 Å². The highest BCUT2D eigenvalue weighted by Gasteiger charge is 2.20. The Bertz CT molecular complexity index is 641. The lowest BCUT2D eigenvalue weighted by Crippen LogP contribution is -2.20. The summed E-state index contributed by atoms with van der Waals surface area (Å²) in [5.74, 6) is -1.62. The van der Waals surface area contributed by atoms with Crippen molar-refractivity contribution in [2.24, 2.45) is 0 Å². The Morgan fingerprint density at radius 1 is 1.05 bits per heavy atom. The molecule has 1 atom stereocenters. The van der Waals surface area contributed by atoms with E-state index in [1.54, 1.807) is 13.1 Å². The first-order valence-electron chi connectivity index (χ1n) is 6.33. The summed E-state index contributed by atoms with van der Waals surface area (Å²) in [5, 5.41) is 3.07. The minimum Gasteiger partial charge on any atom is -0.309 e. The summed E-state index contributed by atoms with van der Waals surface area (Å²) in [6.45, 7) is 3.93. The summed E-state index contributed by atoms with van der Waals surface area (Å²) in [7, 11) is 1.74. The summed E-state index contributed by atoms with van der Waals surface area (Å²) in [4.78, 5) is 0. The van der Waals surface area contributed by atoms with Crippen LogP contribution in [-0.4, -0.2) is 7.05 Å². The van der Waals surface area contributed by atoms with Gasteiger partial charge in [0.1, 0.15) is 0 Å². The number of hydrogen-bond donors (Lipinski definition) is 1. The first-order valence-corrected chi connectivity index (χ1v) is 7.12. The highest BCUT2D eigenvalue weighted by Crippen LogP contribution is 2.30. The highest BCUT2D eigenvalue weighted by atomic mass is 79.9. The molecule has 0 radical (unpaired) electrons. The van der Waals surface area contributed by atoms with Gasteiger partial charge in [-0.25, -0.2) is 8.78 Å². The minimum atomic E-state index is -0.825. The van der Waals surface area contributed by atoms with Crippen molar-refractivity contribution < 1.29 is 8.78 Å². The minimum absolute atomic E-state index is 0.317. The van der Waals surface area contributed by atoms with Gasteiger partial charge in [-0.1, -0.05) is 34.1 Å². The van der Waals surface area contributed by atoms with Gasteiger partial charge in [-0.2, -0.15) is 0 Å². The van der Waals surface area contributed by atoms with Crippen molar-refractivity contribution in [2.45, 2.75) is 19.9 Å². The zero-order valence-electron chi connectivity index (χ0n) is 11.6. The van der Waals surface area contributed by atoms with E-state index in [2.05, 4.69) is 21.2 Å². The molecular formula is C16H16BrF2N. The van der Waals surface area contributed by atoms with E-state index in [0.29, 0.717) is 5.56 Å². The van der Waals surface area contributed by atoms with Crippen molar-refractivity contribution in [3.05, 3.63) is 68.7 Å². The van der Waals surface area contributed by atoms with Crippen LogP contribution in [0.15, 0.2) is 34.8 Å². The largest absolute Gasteiger partial charge is 0.309 e. The molecule has 0 saturated heterocycles. The van der Waals surface area contributed by atoms with Gasteiger partial charge in [0.25, 0.3) is 0 Å². The van der Waals surface area contributed by atoms with Gasteiger partial charge in [0.2, 0.25) is 0 Å². The first-order chi connectivity index (χ1) is 9.45. The average molecular weight is 340 g/mol. The van der Waals surface area contributed by atoms with Gasteiger partial charge in [0.05, 0.1) is 6.04 Å². The summed E-state index contributed by atoms with van der Waals surface area (Å²) < 4.78 is 28.4. The summed E-state index contributed by atoms with van der Waals surface area (Å²) >= 11 is 3.48. The van der Waals surface area contributed by atoms with Crippen LogP contribution in [0.5, 0.6) is 0 Å². The molecule has 0 amide bonds. The molecular weight excluding hydrogens is 324 g/mol. The number of rotatable bonds is 3. The van der Waals surface area contributed by atoms with Crippen LogP contribution < -0.4 is 5.32 Å². The van der Waals surface area contributed by atoms with Gasteiger partial charge in [0.15, 0.2) is 11.6 Å². The SMILES string of the molecule is CNC(c1cc(C)c(Br)cc1C)c1cccc(F)c1F. The molecule has 1 N–H and O–H groups in total. The van der Waals surface area contributed by atoms with Crippen molar-refractivity contribution in [1.29, 1.82) is 0 Å². The van der Waals surface area contributed by atoms with Gasteiger partial charge in [-0.15, -0.1) is 0 Å². The molecule has 0 bridgehead atoms. The molecule has 0 fully saturated rings. The summed E-state index contributed by atoms with van der Waals surface area (Å²) in [6, 6.07) is 7.87. The Labute approximate surface area is 126 Å². The summed E-state index contributed by atoms with van der Waals surface area (Å²) in [5.41, 5.74) is 3.34. The fourth-order valence-electron chi connectivity index (χ4n) is 2.34. The quantitative estimate of drug-likeness (QED) is 0.857. The Balaban J connectivity index is 2.58. The van der Waals surface area contributed by atoms with Gasteiger partial charge in [-0.3, -0.25) is 0 Å². The Morgan fingerprint density at radius 2 is 1.75 bits per heavy atom. The lowest BCUT2D eigenvalue weighted by atomic mass is 9.93. The fraction of sp³-hybridized carbons (Fsp3) is 0.250. The maximum Gasteiger partial charge on any atom is 0.163 e. The molecule has 0 saturated carbocycles. The molecule has 2 rings (SSSR count). The standard InChI is InChI=1S/C16H16BrF2N/c1-9-8-13(17)10(2)7-12(9)16(20-3)11-5-4-6-14(18)15(11)19/h4-8,16,20H,1-3H3. The molecule has 4 heteroatoms. The lowest BCUT2D eigenvalue weighted by molar-refractivity contribution is 0.487. The maximum atomic E-state index is 14.0. The lowest BCUT2D eigenvalue weighted by Gasteiger charge is -2.21. The first kappa shape index (κ1) is 15.1. The third-order valence-electron chi connectivity index (χ3n) is 3.44. The predicted molar refractivity (Wildman–Crippen MR) is 80.9 cm³/mol. The van der Waals surface area contributed by atoms with Crippen molar-refractivity contribution in [1.82, 2.24) is 5.32 Å². The van der Waals surface area contributed by atoms with E-state index in [9.17, 15) is 8.78 Å². The molecule has 2 aromatic rings. The van der Waals surface area contributed by atoms with Gasteiger partial charge >= 0.3 is 0 Å². The molecule has 0 aliphatic heterocycles. The molecule has 2 aromatic carbocycles. The van der Waals surface area contributed by atoms with E-state index in [1.165, 1.54) is 6.07 Å². The predicted octanol–water partition coefficient (Wildman–Crippen LogP) is 4.65. The van der Waals surface area contributed by atoms with Crippen LogP contribution in [0.3, 0.4) is 0 Å². The monoisotopic (exact) mass is 339 g/mol. The van der Waals surface area contributed by atoms with Crippen LogP contribution in [0, 0.1) is 25.5 Å². The highest BCUT2D eigenvalue weighted by molar-refractivity contribution is 9.10. The van der Waals surface area contributed by atoms with Gasteiger partial charge in [0, 0.05) is 10.0 Å². The van der Waals surface area contributed by atoms with Crippen LogP contribution in [-0.2, 0) is 0 Å². The molecule has 0 heterocycles. The average Bonchev–Trinajstić information content (AvgIpc) is 2.41. The molecule has 1 unspecified atom stereocenters. The van der Waals surface area contributed by atoms with Crippen molar-refractivity contribution >= 4 is 15.9 Å². The van der Waals surface area contributed by atoms with E-state index in [-0.39, 0.29) is 6.04 Å². The Hall–Kier alpha value is -1.26. The van der Waals surface area contributed by atoms with Crippen molar-refractivity contribution in [3.63, 3.8) is 0 Å². The Morgan fingerprint density at radius 3 is 2.40 bits per heavy atom. The molecule has 0 aliphatic carbocycles. The second-order valence-corrected chi connectivity index (χ2v) is 5.68. The van der Waals surface area contributed by atoms with E-state index in [4.69, 9.17) is 0 Å². The van der Waals surface area contributed by atoms with Crippen LogP contribution in [0.4, 0.5) is 8.78 Å². The Kier molecular flexibility index (Phi) is 4.55. The van der Waals surface area contributed by atoms with Crippen LogP contribution in [0.2, 0.25) is 0 Å². The van der Waals surface area contributed by atoms with Gasteiger partial charge < -0.3 is 5.32 Å². The van der Waals surface area contributed by atoms with E-state index < -0.39 is 11.6 Å². The van der Waals surface area contributed by atoms with Crippen LogP contribution >= 0.6 is 15.9 Å². The molecule has 20 heavy (non-hydrogen) atoms. The number of aryl methyl sites for hydroxylation is 2.